The Balaban J connectivity index is 1.81. The van der Waals surface area contributed by atoms with Gasteiger partial charge in [0, 0.05) is 12.1 Å². The van der Waals surface area contributed by atoms with Crippen LogP contribution in [0, 0.1) is 5.92 Å². The molecule has 0 spiro atoms. The van der Waals surface area contributed by atoms with Crippen LogP contribution in [0.3, 0.4) is 0 Å². The first-order valence-electron chi connectivity index (χ1n) is 7.35. The molecule has 1 amide bonds. The molecule has 2 N–H and O–H groups in total. The summed E-state index contributed by atoms with van der Waals surface area (Å²) in [6.07, 6.45) is 7.04. The van der Waals surface area contributed by atoms with Crippen molar-refractivity contribution in [2.75, 3.05) is 19.7 Å². The first-order chi connectivity index (χ1) is 8.70. The molecule has 2 rings (SSSR count). The van der Waals surface area contributed by atoms with Gasteiger partial charge in [0.2, 0.25) is 5.91 Å². The molecule has 2 unspecified atom stereocenters. The normalized spacial score (nSPS) is 30.6. The van der Waals surface area contributed by atoms with Crippen LogP contribution in [0.15, 0.2) is 0 Å². The zero-order valence-corrected chi connectivity index (χ0v) is 11.4. The monoisotopic (exact) mass is 254 g/mol. The molecule has 0 bridgehead atoms. The zero-order valence-electron chi connectivity index (χ0n) is 11.4. The SMILES string of the molecule is CC1CCCN(CC(=O)NC2CCCC2)C1CO. The average Bonchev–Trinajstić information content (AvgIpc) is 2.82. The summed E-state index contributed by atoms with van der Waals surface area (Å²) in [5.41, 5.74) is 0. The molecule has 2 aliphatic rings. The van der Waals surface area contributed by atoms with Crippen molar-refractivity contribution in [2.24, 2.45) is 5.92 Å². The van der Waals surface area contributed by atoms with E-state index in [-0.39, 0.29) is 18.6 Å². The van der Waals surface area contributed by atoms with Crippen molar-refractivity contribution < 1.29 is 9.90 Å². The lowest BCUT2D eigenvalue weighted by Gasteiger charge is -2.38. The lowest BCUT2D eigenvalue weighted by Crippen LogP contribution is -2.51. The maximum Gasteiger partial charge on any atom is 0.234 e. The van der Waals surface area contributed by atoms with E-state index in [0.29, 0.717) is 18.5 Å². The Morgan fingerprint density at radius 1 is 1.28 bits per heavy atom. The van der Waals surface area contributed by atoms with Crippen molar-refractivity contribution in [1.82, 2.24) is 10.2 Å². The molecule has 104 valence electrons. The fourth-order valence-corrected chi connectivity index (χ4v) is 3.35. The number of piperidine rings is 1. The molecular formula is C14H26N2O2. The molecule has 0 aromatic rings. The molecular weight excluding hydrogens is 228 g/mol. The van der Waals surface area contributed by atoms with E-state index < -0.39 is 0 Å². The van der Waals surface area contributed by atoms with E-state index in [9.17, 15) is 9.90 Å². The zero-order chi connectivity index (χ0) is 13.0. The van der Waals surface area contributed by atoms with Crippen LogP contribution in [0.4, 0.5) is 0 Å². The standard InChI is InChI=1S/C14H26N2O2/c1-11-5-4-8-16(13(11)10-17)9-14(18)15-12-6-2-3-7-12/h11-13,17H,2-10H2,1H3,(H,15,18). The van der Waals surface area contributed by atoms with Crippen molar-refractivity contribution in [1.29, 1.82) is 0 Å². The second kappa shape index (κ2) is 6.53. The van der Waals surface area contributed by atoms with Gasteiger partial charge >= 0.3 is 0 Å². The first-order valence-corrected chi connectivity index (χ1v) is 7.35. The fraction of sp³-hybridized carbons (Fsp3) is 0.929. The van der Waals surface area contributed by atoms with Gasteiger partial charge in [-0.2, -0.15) is 0 Å². The Morgan fingerprint density at radius 3 is 2.67 bits per heavy atom. The minimum Gasteiger partial charge on any atom is -0.395 e. The highest BCUT2D eigenvalue weighted by Crippen LogP contribution is 2.23. The van der Waals surface area contributed by atoms with Gasteiger partial charge in [0.25, 0.3) is 0 Å². The second-order valence-corrected chi connectivity index (χ2v) is 5.89. The minimum absolute atomic E-state index is 0.134. The van der Waals surface area contributed by atoms with Crippen LogP contribution in [-0.2, 0) is 4.79 Å². The first kappa shape index (κ1) is 13.8. The summed E-state index contributed by atoms with van der Waals surface area (Å²) in [6, 6.07) is 0.556. The van der Waals surface area contributed by atoms with E-state index in [1.54, 1.807) is 0 Å². The minimum atomic E-state index is 0.134. The number of aliphatic hydroxyl groups is 1. The molecule has 0 radical (unpaired) electrons. The van der Waals surface area contributed by atoms with E-state index >= 15 is 0 Å². The summed E-state index contributed by atoms with van der Waals surface area (Å²) in [5.74, 6) is 0.623. The van der Waals surface area contributed by atoms with Gasteiger partial charge in [0.05, 0.1) is 13.2 Å². The number of aliphatic hydroxyl groups excluding tert-OH is 1. The third-order valence-corrected chi connectivity index (χ3v) is 4.48. The molecule has 2 atom stereocenters. The number of nitrogens with zero attached hydrogens (tertiary/aromatic N) is 1. The van der Waals surface area contributed by atoms with Gasteiger partial charge in [-0.1, -0.05) is 19.8 Å². The van der Waals surface area contributed by atoms with E-state index in [1.807, 2.05) is 0 Å². The van der Waals surface area contributed by atoms with Gasteiger partial charge in [-0.3, -0.25) is 9.69 Å². The predicted octanol–water partition coefficient (Wildman–Crippen LogP) is 1.14. The quantitative estimate of drug-likeness (QED) is 0.791. The number of hydrogen-bond donors (Lipinski definition) is 2. The van der Waals surface area contributed by atoms with Crippen LogP contribution in [0.2, 0.25) is 0 Å². The van der Waals surface area contributed by atoms with Crippen LogP contribution in [-0.4, -0.2) is 47.7 Å². The highest BCUT2D eigenvalue weighted by Gasteiger charge is 2.29. The average molecular weight is 254 g/mol. The maximum absolute atomic E-state index is 12.0. The number of hydrogen-bond acceptors (Lipinski definition) is 3. The van der Waals surface area contributed by atoms with Crippen LogP contribution < -0.4 is 5.32 Å². The number of likely N-dealkylation sites (tertiary alicyclic amines) is 1. The number of nitrogens with one attached hydrogen (secondary N) is 1. The molecule has 1 saturated heterocycles. The van der Waals surface area contributed by atoms with Crippen molar-refractivity contribution in [3.8, 4) is 0 Å². The number of carbonyl (C=O) groups is 1. The van der Waals surface area contributed by atoms with Crippen LogP contribution >= 0.6 is 0 Å². The molecule has 2 fully saturated rings. The van der Waals surface area contributed by atoms with Crippen molar-refractivity contribution >= 4 is 5.91 Å². The van der Waals surface area contributed by atoms with E-state index in [4.69, 9.17) is 0 Å². The summed E-state index contributed by atoms with van der Waals surface area (Å²) < 4.78 is 0. The molecule has 1 aliphatic carbocycles. The highest BCUT2D eigenvalue weighted by atomic mass is 16.3. The molecule has 18 heavy (non-hydrogen) atoms. The Kier molecular flexibility index (Phi) is 5.01. The molecule has 0 aromatic heterocycles. The van der Waals surface area contributed by atoms with Crippen molar-refractivity contribution in [3.05, 3.63) is 0 Å². The van der Waals surface area contributed by atoms with Crippen molar-refractivity contribution in [3.63, 3.8) is 0 Å². The van der Waals surface area contributed by atoms with Gasteiger partial charge in [-0.05, 0) is 38.1 Å². The Morgan fingerprint density at radius 2 is 2.00 bits per heavy atom. The number of rotatable bonds is 4. The molecule has 1 heterocycles. The fourth-order valence-electron chi connectivity index (χ4n) is 3.35. The van der Waals surface area contributed by atoms with Crippen LogP contribution in [0.1, 0.15) is 45.4 Å². The second-order valence-electron chi connectivity index (χ2n) is 5.89. The Labute approximate surface area is 110 Å². The molecule has 0 aromatic carbocycles. The Bertz CT molecular complexity index is 277. The summed E-state index contributed by atoms with van der Waals surface area (Å²) in [7, 11) is 0. The molecule has 1 aliphatic heterocycles. The van der Waals surface area contributed by atoms with E-state index in [2.05, 4.69) is 17.1 Å². The topological polar surface area (TPSA) is 52.6 Å². The molecule has 1 saturated carbocycles. The van der Waals surface area contributed by atoms with Gasteiger partial charge in [0.15, 0.2) is 0 Å². The summed E-state index contributed by atoms with van der Waals surface area (Å²) in [4.78, 5) is 14.2. The van der Waals surface area contributed by atoms with Gasteiger partial charge < -0.3 is 10.4 Å². The van der Waals surface area contributed by atoms with E-state index in [0.717, 1.165) is 32.2 Å². The smallest absolute Gasteiger partial charge is 0.234 e. The third-order valence-electron chi connectivity index (χ3n) is 4.48. The summed E-state index contributed by atoms with van der Waals surface area (Å²) in [6.45, 7) is 3.72. The lowest BCUT2D eigenvalue weighted by atomic mass is 9.91. The summed E-state index contributed by atoms with van der Waals surface area (Å²) in [5, 5.41) is 12.6. The van der Waals surface area contributed by atoms with Gasteiger partial charge in [-0.15, -0.1) is 0 Å². The molecule has 4 heteroatoms. The number of amides is 1. The van der Waals surface area contributed by atoms with Crippen molar-refractivity contribution in [2.45, 2.75) is 57.5 Å². The summed E-state index contributed by atoms with van der Waals surface area (Å²) >= 11 is 0. The predicted molar refractivity (Wildman–Crippen MR) is 71.2 cm³/mol. The molecule has 4 nitrogen and oxygen atoms in total. The third kappa shape index (κ3) is 3.45. The lowest BCUT2D eigenvalue weighted by molar-refractivity contribution is -0.124. The van der Waals surface area contributed by atoms with Crippen LogP contribution in [0.25, 0.3) is 0 Å². The maximum atomic E-state index is 12.0. The number of carbonyl (C=O) groups excluding carboxylic acids is 1. The Hall–Kier alpha value is -0.610. The van der Waals surface area contributed by atoms with E-state index in [1.165, 1.54) is 12.8 Å². The largest absolute Gasteiger partial charge is 0.395 e. The van der Waals surface area contributed by atoms with Crippen LogP contribution in [0.5, 0.6) is 0 Å². The van der Waals surface area contributed by atoms with Gasteiger partial charge in [0.1, 0.15) is 0 Å². The van der Waals surface area contributed by atoms with Gasteiger partial charge in [-0.25, -0.2) is 0 Å². The highest BCUT2D eigenvalue weighted by molar-refractivity contribution is 5.78.